The molecule has 0 aliphatic heterocycles. The molecule has 0 amide bonds. The minimum atomic E-state index is -0.529. The van der Waals surface area contributed by atoms with E-state index in [0.29, 0.717) is 39.6 Å². The summed E-state index contributed by atoms with van der Waals surface area (Å²) in [7, 11) is 0. The van der Waals surface area contributed by atoms with E-state index < -0.39 is 42.3 Å². The summed E-state index contributed by atoms with van der Waals surface area (Å²) in [5.74, 6) is 1.45. The molecule has 234 valence electrons. The van der Waals surface area contributed by atoms with E-state index in [0.717, 1.165) is 21.2 Å². The fourth-order valence-corrected chi connectivity index (χ4v) is 7.75. The van der Waals surface area contributed by atoms with E-state index in [-0.39, 0.29) is 34.1 Å². The molecule has 5 heteroatoms. The zero-order valence-electron chi connectivity index (χ0n) is 35.2. The van der Waals surface area contributed by atoms with Crippen LogP contribution in [0.3, 0.4) is 0 Å². The predicted molar refractivity (Wildman–Crippen MR) is 209 cm³/mol. The van der Waals surface area contributed by atoms with Gasteiger partial charge in [-0.25, -0.2) is 15.0 Å². The fraction of sp³-hybridized carbons (Fsp3) is 0. The second-order valence-corrected chi connectivity index (χ2v) is 12.9. The number of hydrogen-bond donors (Lipinski definition) is 0. The van der Waals surface area contributed by atoms with Crippen molar-refractivity contribution in [2.75, 3.05) is 0 Å². The first kappa shape index (κ1) is 20.8. The lowest BCUT2D eigenvalue weighted by atomic mass is 9.99. The van der Waals surface area contributed by atoms with E-state index in [9.17, 15) is 0 Å². The van der Waals surface area contributed by atoms with Crippen molar-refractivity contribution in [2.45, 2.75) is 0 Å². The summed E-state index contributed by atoms with van der Waals surface area (Å²) in [5.41, 5.74) is 3.75. The first-order valence-electron chi connectivity index (χ1n) is 20.5. The number of thiophene rings is 1. The van der Waals surface area contributed by atoms with Gasteiger partial charge in [-0.05, 0) is 59.6 Å². The van der Waals surface area contributed by atoms with Gasteiger partial charge in [0.15, 0.2) is 17.5 Å². The third-order valence-electron chi connectivity index (χ3n) is 8.88. The second-order valence-electron chi connectivity index (χ2n) is 11.8. The maximum atomic E-state index is 9.08. The van der Waals surface area contributed by atoms with Crippen LogP contribution in [0.4, 0.5) is 0 Å². The normalized spacial score (nSPS) is 14.1. The number of para-hydroxylation sites is 1. The van der Waals surface area contributed by atoms with Gasteiger partial charge in [-0.3, -0.25) is 0 Å². The van der Waals surface area contributed by atoms with Gasteiger partial charge in [-0.2, -0.15) is 0 Å². The summed E-state index contributed by atoms with van der Waals surface area (Å²) in [6, 6.07) is 32.8. The van der Waals surface area contributed by atoms with Crippen LogP contribution in [-0.4, -0.2) is 19.5 Å². The fourth-order valence-electron chi connectivity index (χ4n) is 6.60. The van der Waals surface area contributed by atoms with Gasteiger partial charge < -0.3 is 4.57 Å². The van der Waals surface area contributed by atoms with Crippen LogP contribution in [0.5, 0.6) is 0 Å². The molecule has 7 aromatic carbocycles. The maximum Gasteiger partial charge on any atom is 0.164 e. The zero-order chi connectivity index (χ0) is 40.9. The van der Waals surface area contributed by atoms with Crippen LogP contribution in [0.25, 0.3) is 93.0 Å². The smallest absolute Gasteiger partial charge is 0.164 e. The highest BCUT2D eigenvalue weighted by molar-refractivity contribution is 7.25. The van der Waals surface area contributed by atoms with Crippen molar-refractivity contribution >= 4 is 53.3 Å². The molecule has 0 aliphatic rings. The Morgan fingerprint density at radius 3 is 1.94 bits per heavy atom. The van der Waals surface area contributed by atoms with Crippen LogP contribution in [0.15, 0.2) is 170 Å². The number of benzene rings is 7. The number of fused-ring (bicyclic) bond motifs is 6. The highest BCUT2D eigenvalue weighted by atomic mass is 32.1. The largest absolute Gasteiger partial charge is 0.309 e. The zero-order valence-corrected chi connectivity index (χ0v) is 27.0. The predicted octanol–water partition coefficient (Wildman–Crippen LogP) is 12.0. The average Bonchev–Trinajstić information content (AvgIpc) is 3.83. The molecule has 0 spiro atoms. The van der Waals surface area contributed by atoms with Crippen molar-refractivity contribution in [1.82, 2.24) is 19.5 Å². The summed E-state index contributed by atoms with van der Waals surface area (Å²) in [6.07, 6.45) is 0. The Morgan fingerprint density at radius 1 is 0.460 bits per heavy atom. The molecule has 3 heterocycles. The van der Waals surface area contributed by atoms with Gasteiger partial charge in [-0.15, -0.1) is 11.3 Å². The van der Waals surface area contributed by atoms with Crippen LogP contribution in [0.2, 0.25) is 0 Å². The van der Waals surface area contributed by atoms with Crippen molar-refractivity contribution < 1.29 is 12.3 Å². The Morgan fingerprint density at radius 2 is 1.12 bits per heavy atom. The molecule has 10 rings (SSSR count). The van der Waals surface area contributed by atoms with Gasteiger partial charge in [0.2, 0.25) is 0 Å². The van der Waals surface area contributed by atoms with Gasteiger partial charge in [0.05, 0.1) is 23.4 Å². The minimum absolute atomic E-state index is 0.0604. The Kier molecular flexibility index (Phi) is 4.84. The Balaban J connectivity index is 1.17. The minimum Gasteiger partial charge on any atom is -0.309 e. The molecular weight excluding hydrogens is 629 g/mol. The quantitative estimate of drug-likeness (QED) is 0.184. The summed E-state index contributed by atoms with van der Waals surface area (Å²) >= 11 is 1.72. The van der Waals surface area contributed by atoms with Crippen LogP contribution in [0, 0.1) is 0 Å². The Hall–Kier alpha value is -6.43. The Bertz CT molecular complexity index is 3350. The van der Waals surface area contributed by atoms with Gasteiger partial charge in [0, 0.05) is 53.3 Å². The van der Waals surface area contributed by atoms with Crippen molar-refractivity contribution in [3.8, 4) is 51.0 Å². The number of hydrogen-bond acceptors (Lipinski definition) is 4. The van der Waals surface area contributed by atoms with E-state index in [1.165, 1.54) is 10.1 Å². The molecule has 0 radical (unpaired) electrons. The molecule has 0 saturated heterocycles. The summed E-state index contributed by atoms with van der Waals surface area (Å²) in [6.45, 7) is 0. The van der Waals surface area contributed by atoms with E-state index in [1.807, 2.05) is 72.8 Å². The summed E-state index contributed by atoms with van der Waals surface area (Å²) in [4.78, 5) is 14.8. The highest BCUT2D eigenvalue weighted by Gasteiger charge is 2.17. The highest BCUT2D eigenvalue weighted by Crippen LogP contribution is 2.39. The second kappa shape index (κ2) is 11.6. The molecular formula is C45H28N4S. The molecule has 0 unspecified atom stereocenters. The monoisotopic (exact) mass is 665 g/mol. The molecule has 3 aromatic heterocycles. The third-order valence-corrected chi connectivity index (χ3v) is 10.0. The van der Waals surface area contributed by atoms with Crippen molar-refractivity contribution in [3.63, 3.8) is 0 Å². The summed E-state index contributed by atoms with van der Waals surface area (Å²) < 4.78 is 81.7. The SMILES string of the molecule is [2H]c1c([2H])c([2H])c(-c2cccc3c2c2c([2H])c([2H])c([2H])c([2H])c2n3-c2ccc(-c3nc(-c4ccccc4)nc(-c4ccc5c(c4)sc4ccccc45)n3)cc2)c([2H])c1[2H]. The van der Waals surface area contributed by atoms with E-state index in [1.54, 1.807) is 34.1 Å². The van der Waals surface area contributed by atoms with E-state index in [2.05, 4.69) is 24.3 Å². The number of rotatable bonds is 5. The van der Waals surface area contributed by atoms with Crippen LogP contribution in [-0.2, 0) is 0 Å². The molecule has 0 saturated carbocycles. The molecule has 4 nitrogen and oxygen atoms in total. The lowest BCUT2D eigenvalue weighted by Crippen LogP contribution is -2.00. The van der Waals surface area contributed by atoms with Gasteiger partial charge >= 0.3 is 0 Å². The molecule has 50 heavy (non-hydrogen) atoms. The van der Waals surface area contributed by atoms with Gasteiger partial charge in [0.1, 0.15) is 0 Å². The van der Waals surface area contributed by atoms with Crippen molar-refractivity contribution in [1.29, 1.82) is 0 Å². The Labute approximate surface area is 305 Å². The first-order chi connectivity index (χ1) is 28.5. The molecule has 0 N–H and O–H groups in total. The maximum absolute atomic E-state index is 9.08. The molecule has 10 aromatic rings. The van der Waals surface area contributed by atoms with Crippen molar-refractivity contribution in [3.05, 3.63) is 170 Å². The first-order valence-corrected chi connectivity index (χ1v) is 16.8. The number of aromatic nitrogens is 4. The van der Waals surface area contributed by atoms with Crippen LogP contribution >= 0.6 is 11.3 Å². The van der Waals surface area contributed by atoms with Crippen LogP contribution in [0.1, 0.15) is 12.3 Å². The molecule has 0 bridgehead atoms. The topological polar surface area (TPSA) is 43.6 Å². The van der Waals surface area contributed by atoms with Crippen LogP contribution < -0.4 is 0 Å². The van der Waals surface area contributed by atoms with Gasteiger partial charge in [-0.1, -0.05) is 121 Å². The number of nitrogens with zero attached hydrogens (tertiary/aromatic N) is 4. The van der Waals surface area contributed by atoms with E-state index in [4.69, 9.17) is 27.3 Å². The molecule has 0 aliphatic carbocycles. The van der Waals surface area contributed by atoms with E-state index >= 15 is 0 Å². The lowest BCUT2D eigenvalue weighted by molar-refractivity contribution is 1.07. The lowest BCUT2D eigenvalue weighted by Gasteiger charge is -2.11. The summed E-state index contributed by atoms with van der Waals surface area (Å²) in [5, 5.41) is 2.87. The molecule has 0 atom stereocenters. The van der Waals surface area contributed by atoms with Gasteiger partial charge in [0.25, 0.3) is 0 Å². The average molecular weight is 666 g/mol. The third kappa shape index (κ3) is 4.71. The standard InChI is InChI=1S/C45H28N4S/c1-3-12-29(13-4-1)34-18-11-20-39-42(34)37-17-7-9-19-38(37)49(39)33-25-22-31(23-26-33)44-46-43(30-14-5-2-6-15-30)47-45(48-44)32-24-27-36-35-16-8-10-21-40(35)50-41(36)28-32/h1-28H/i1D,3D,4D,7D,9D,12D,13D,17D,19D. The molecule has 0 fully saturated rings. The van der Waals surface area contributed by atoms with Crippen molar-refractivity contribution in [2.24, 2.45) is 0 Å².